The first kappa shape index (κ1) is 9.52. The molecule has 56 valence electrons. The zero-order valence-electron chi connectivity index (χ0n) is 5.87. The van der Waals surface area contributed by atoms with Crippen LogP contribution in [0.4, 0.5) is 0 Å². The SMILES string of the molecule is O=c1cc[nH]c2ccccc12.[NaH]. The van der Waals surface area contributed by atoms with Gasteiger partial charge in [-0.2, -0.15) is 0 Å². The van der Waals surface area contributed by atoms with Crippen LogP contribution in [0, 0.1) is 0 Å². The summed E-state index contributed by atoms with van der Waals surface area (Å²) >= 11 is 0. The van der Waals surface area contributed by atoms with Gasteiger partial charge in [0.2, 0.25) is 0 Å². The van der Waals surface area contributed by atoms with Gasteiger partial charge in [-0.05, 0) is 12.1 Å². The number of rotatable bonds is 0. The van der Waals surface area contributed by atoms with Crippen molar-refractivity contribution in [3.63, 3.8) is 0 Å². The van der Waals surface area contributed by atoms with Crippen molar-refractivity contribution in [2.75, 3.05) is 0 Å². The Hall–Kier alpha value is -0.570. The monoisotopic (exact) mass is 169 g/mol. The van der Waals surface area contributed by atoms with E-state index in [4.69, 9.17) is 0 Å². The molecular formula is C9H8NNaO. The molecule has 0 amide bonds. The van der Waals surface area contributed by atoms with Crippen LogP contribution in [0.1, 0.15) is 0 Å². The molecule has 0 atom stereocenters. The second-order valence-corrected chi connectivity index (χ2v) is 2.39. The molecule has 0 aliphatic heterocycles. The third-order valence-electron chi connectivity index (χ3n) is 1.67. The van der Waals surface area contributed by atoms with E-state index in [0.717, 1.165) is 10.9 Å². The number of benzene rings is 1. The van der Waals surface area contributed by atoms with Gasteiger partial charge in [-0.25, -0.2) is 0 Å². The summed E-state index contributed by atoms with van der Waals surface area (Å²) in [6, 6.07) is 8.99. The molecule has 1 heterocycles. The maximum absolute atomic E-state index is 11.2. The fourth-order valence-electron chi connectivity index (χ4n) is 1.12. The topological polar surface area (TPSA) is 32.9 Å². The van der Waals surface area contributed by atoms with Gasteiger partial charge in [0.15, 0.2) is 5.43 Å². The van der Waals surface area contributed by atoms with Crippen molar-refractivity contribution in [1.29, 1.82) is 0 Å². The molecule has 0 saturated heterocycles. The Balaban J connectivity index is 0.000000720. The minimum absolute atomic E-state index is 0. The second-order valence-electron chi connectivity index (χ2n) is 2.39. The van der Waals surface area contributed by atoms with Crippen LogP contribution in [0.25, 0.3) is 10.9 Å². The number of hydrogen-bond donors (Lipinski definition) is 1. The van der Waals surface area contributed by atoms with Crippen molar-refractivity contribution >= 4 is 40.5 Å². The van der Waals surface area contributed by atoms with Gasteiger partial charge in [-0.1, -0.05) is 12.1 Å². The van der Waals surface area contributed by atoms with E-state index < -0.39 is 0 Å². The van der Waals surface area contributed by atoms with E-state index in [9.17, 15) is 4.79 Å². The van der Waals surface area contributed by atoms with Crippen LogP contribution in [0.15, 0.2) is 41.3 Å². The van der Waals surface area contributed by atoms with Crippen molar-refractivity contribution in [1.82, 2.24) is 4.98 Å². The summed E-state index contributed by atoms with van der Waals surface area (Å²) < 4.78 is 0. The van der Waals surface area contributed by atoms with Gasteiger partial charge in [0, 0.05) is 23.2 Å². The molecule has 0 aliphatic rings. The molecule has 0 radical (unpaired) electrons. The summed E-state index contributed by atoms with van der Waals surface area (Å²) in [7, 11) is 0. The number of para-hydroxylation sites is 1. The number of aromatic amines is 1. The summed E-state index contributed by atoms with van der Waals surface area (Å²) in [5.74, 6) is 0. The molecule has 2 nitrogen and oxygen atoms in total. The molecule has 1 N–H and O–H groups in total. The molecule has 0 fully saturated rings. The van der Waals surface area contributed by atoms with Gasteiger partial charge in [0.1, 0.15) is 0 Å². The zero-order chi connectivity index (χ0) is 7.68. The Bertz CT molecular complexity index is 430. The van der Waals surface area contributed by atoms with E-state index in [2.05, 4.69) is 4.98 Å². The number of H-pyrrole nitrogens is 1. The minimum atomic E-state index is 0. The number of pyridine rings is 1. The van der Waals surface area contributed by atoms with Crippen LogP contribution in [0.5, 0.6) is 0 Å². The van der Waals surface area contributed by atoms with Crippen LogP contribution in [0.3, 0.4) is 0 Å². The third-order valence-corrected chi connectivity index (χ3v) is 1.67. The fourth-order valence-corrected chi connectivity index (χ4v) is 1.12. The van der Waals surface area contributed by atoms with Crippen molar-refractivity contribution in [3.8, 4) is 0 Å². The first-order valence-electron chi connectivity index (χ1n) is 3.44. The molecule has 12 heavy (non-hydrogen) atoms. The van der Waals surface area contributed by atoms with E-state index in [0.29, 0.717) is 0 Å². The zero-order valence-corrected chi connectivity index (χ0v) is 5.87. The Labute approximate surface area is 91.9 Å². The molecule has 0 bridgehead atoms. The molecule has 0 aliphatic carbocycles. The van der Waals surface area contributed by atoms with Crippen LogP contribution >= 0.6 is 0 Å². The average molecular weight is 169 g/mol. The molecule has 2 aromatic rings. The van der Waals surface area contributed by atoms with Gasteiger partial charge >= 0.3 is 29.6 Å². The predicted molar refractivity (Wildman–Crippen MR) is 51.7 cm³/mol. The quantitative estimate of drug-likeness (QED) is 0.583. The van der Waals surface area contributed by atoms with Crippen molar-refractivity contribution < 1.29 is 0 Å². The Kier molecular flexibility index (Phi) is 3.09. The molecular weight excluding hydrogens is 161 g/mol. The van der Waals surface area contributed by atoms with Crippen LogP contribution in [0.2, 0.25) is 0 Å². The molecule has 1 aromatic carbocycles. The van der Waals surface area contributed by atoms with Gasteiger partial charge in [0.05, 0.1) is 0 Å². The first-order chi connectivity index (χ1) is 5.38. The van der Waals surface area contributed by atoms with Gasteiger partial charge < -0.3 is 4.98 Å². The molecule has 1 aromatic heterocycles. The summed E-state index contributed by atoms with van der Waals surface area (Å²) in [6.07, 6.45) is 1.66. The van der Waals surface area contributed by atoms with Crippen molar-refractivity contribution in [2.24, 2.45) is 0 Å². The number of hydrogen-bond acceptors (Lipinski definition) is 1. The predicted octanol–water partition coefficient (Wildman–Crippen LogP) is 0.880. The van der Waals surface area contributed by atoms with Gasteiger partial charge in [0.25, 0.3) is 0 Å². The maximum atomic E-state index is 11.2. The second kappa shape index (κ2) is 3.90. The number of aromatic nitrogens is 1. The molecule has 3 heteroatoms. The van der Waals surface area contributed by atoms with Gasteiger partial charge in [-0.15, -0.1) is 0 Å². The van der Waals surface area contributed by atoms with E-state index in [1.54, 1.807) is 6.20 Å². The summed E-state index contributed by atoms with van der Waals surface area (Å²) in [6.45, 7) is 0. The standard InChI is InChI=1S/C9H7NO.Na.H/c11-9-5-6-10-8-4-2-1-3-7(8)9;;/h1-6H,(H,10,11);;. The van der Waals surface area contributed by atoms with Crippen LogP contribution in [-0.2, 0) is 0 Å². The normalized spacial score (nSPS) is 9.33. The van der Waals surface area contributed by atoms with E-state index in [1.807, 2.05) is 24.3 Å². The van der Waals surface area contributed by atoms with Crippen molar-refractivity contribution in [2.45, 2.75) is 0 Å². The van der Waals surface area contributed by atoms with E-state index in [-0.39, 0.29) is 35.0 Å². The van der Waals surface area contributed by atoms with Crippen LogP contribution in [-0.4, -0.2) is 34.5 Å². The Morgan fingerprint density at radius 2 is 1.83 bits per heavy atom. The summed E-state index contributed by atoms with van der Waals surface area (Å²) in [5.41, 5.74) is 0.958. The Morgan fingerprint density at radius 1 is 1.08 bits per heavy atom. The molecule has 0 spiro atoms. The van der Waals surface area contributed by atoms with Crippen LogP contribution < -0.4 is 5.43 Å². The average Bonchev–Trinajstić information content (AvgIpc) is 2.06. The van der Waals surface area contributed by atoms with Crippen molar-refractivity contribution in [3.05, 3.63) is 46.8 Å². The summed E-state index contributed by atoms with van der Waals surface area (Å²) in [5, 5.41) is 0.745. The number of fused-ring (bicyclic) bond motifs is 1. The molecule has 0 unspecified atom stereocenters. The Morgan fingerprint density at radius 3 is 2.58 bits per heavy atom. The molecule has 2 rings (SSSR count). The third kappa shape index (κ3) is 1.61. The van der Waals surface area contributed by atoms with E-state index >= 15 is 0 Å². The van der Waals surface area contributed by atoms with Gasteiger partial charge in [-0.3, -0.25) is 4.79 Å². The first-order valence-corrected chi connectivity index (χ1v) is 3.44. The molecule has 0 saturated carbocycles. The summed E-state index contributed by atoms with van der Waals surface area (Å²) in [4.78, 5) is 14.2. The van der Waals surface area contributed by atoms with E-state index in [1.165, 1.54) is 6.07 Å². The number of nitrogens with one attached hydrogen (secondary N) is 1. The fraction of sp³-hybridized carbons (Fsp3) is 0.